The maximum Gasteiger partial charge on any atom is 0.0683 e. The quantitative estimate of drug-likeness (QED) is 0.505. The summed E-state index contributed by atoms with van der Waals surface area (Å²) in [6.07, 6.45) is 0. The van der Waals surface area contributed by atoms with E-state index in [-0.39, 0.29) is 0 Å². The Bertz CT molecular complexity index is 376. The van der Waals surface area contributed by atoms with Gasteiger partial charge >= 0.3 is 0 Å². The molecular weight excluding hydrogens is 220 g/mol. The maximum atomic E-state index is 2.56. The highest BCUT2D eigenvalue weighted by atomic mass is 28.3. The Balaban J connectivity index is 3.51. The van der Waals surface area contributed by atoms with Crippen molar-refractivity contribution in [3.8, 4) is 0 Å². The van der Waals surface area contributed by atoms with Gasteiger partial charge < -0.3 is 0 Å². The number of allylic oxidation sites excluding steroid dienone is 4. The van der Waals surface area contributed by atoms with Gasteiger partial charge in [-0.2, -0.15) is 0 Å². The van der Waals surface area contributed by atoms with Crippen molar-refractivity contribution in [3.63, 3.8) is 0 Å². The third kappa shape index (κ3) is 1.69. The van der Waals surface area contributed by atoms with E-state index in [1.807, 2.05) is 0 Å². The van der Waals surface area contributed by atoms with Gasteiger partial charge in [0.15, 0.2) is 0 Å². The molecule has 0 spiro atoms. The van der Waals surface area contributed by atoms with Crippen LogP contribution in [-0.4, -0.2) is 8.07 Å². The first kappa shape index (κ1) is 14.8. The average molecular weight is 251 g/mol. The Kier molecular flexibility index (Phi) is 3.34. The molecular formula is C16H30Si. The van der Waals surface area contributed by atoms with Crippen LogP contribution < -0.4 is 0 Å². The fourth-order valence-electron chi connectivity index (χ4n) is 3.28. The van der Waals surface area contributed by atoms with Crippen LogP contribution in [0.15, 0.2) is 22.3 Å². The van der Waals surface area contributed by atoms with E-state index in [1.165, 1.54) is 11.1 Å². The fourth-order valence-corrected chi connectivity index (χ4v) is 7.03. The fraction of sp³-hybridized carbons (Fsp3) is 0.750. The zero-order valence-electron chi connectivity index (χ0n) is 13.5. The van der Waals surface area contributed by atoms with Crippen LogP contribution >= 0.6 is 0 Å². The van der Waals surface area contributed by atoms with Crippen molar-refractivity contribution < 1.29 is 0 Å². The Hall–Kier alpha value is -0.303. The summed E-state index contributed by atoms with van der Waals surface area (Å²) in [6, 6.07) is 0. The molecule has 98 valence electrons. The van der Waals surface area contributed by atoms with Gasteiger partial charge in [-0.15, -0.1) is 0 Å². The van der Waals surface area contributed by atoms with Crippen molar-refractivity contribution >= 4 is 8.07 Å². The molecule has 0 amide bonds. The third-order valence-corrected chi connectivity index (χ3v) is 13.3. The van der Waals surface area contributed by atoms with Crippen LogP contribution in [0.25, 0.3) is 0 Å². The Morgan fingerprint density at radius 1 is 0.824 bits per heavy atom. The number of hydrogen-bond donors (Lipinski definition) is 0. The van der Waals surface area contributed by atoms with E-state index in [1.54, 1.807) is 11.1 Å². The molecule has 1 aliphatic rings. The molecule has 0 aromatic heterocycles. The Labute approximate surface area is 109 Å². The molecule has 17 heavy (non-hydrogen) atoms. The summed E-state index contributed by atoms with van der Waals surface area (Å²) in [5, 5.41) is 0.759. The smallest absolute Gasteiger partial charge is 0.0680 e. The lowest BCUT2D eigenvalue weighted by atomic mass is 9.97. The van der Waals surface area contributed by atoms with Crippen molar-refractivity contribution in [1.82, 2.24) is 0 Å². The molecule has 0 aromatic rings. The first-order valence-corrected chi connectivity index (χ1v) is 9.75. The van der Waals surface area contributed by atoms with E-state index in [2.05, 4.69) is 68.5 Å². The highest BCUT2D eigenvalue weighted by molar-refractivity contribution is 6.84. The summed E-state index contributed by atoms with van der Waals surface area (Å²) in [7, 11) is -1.42. The minimum absolute atomic E-state index is 0.333. The van der Waals surface area contributed by atoms with E-state index in [4.69, 9.17) is 0 Å². The van der Waals surface area contributed by atoms with Crippen molar-refractivity contribution in [2.45, 2.75) is 78.6 Å². The van der Waals surface area contributed by atoms with Crippen LogP contribution in [0.3, 0.4) is 0 Å². The second kappa shape index (κ2) is 3.84. The molecule has 1 heteroatoms. The lowest BCUT2D eigenvalue weighted by molar-refractivity contribution is 0.654. The van der Waals surface area contributed by atoms with Gasteiger partial charge in [-0.05, 0) is 43.9 Å². The molecule has 0 atom stereocenters. The highest BCUT2D eigenvalue weighted by Crippen LogP contribution is 2.63. The van der Waals surface area contributed by atoms with Gasteiger partial charge in [0.25, 0.3) is 0 Å². The molecule has 0 aromatic carbocycles. The normalized spacial score (nSPS) is 21.5. The van der Waals surface area contributed by atoms with Gasteiger partial charge in [0.1, 0.15) is 0 Å². The van der Waals surface area contributed by atoms with Crippen molar-refractivity contribution in [3.05, 3.63) is 22.3 Å². The van der Waals surface area contributed by atoms with Crippen LogP contribution in [0, 0.1) is 0 Å². The van der Waals surface area contributed by atoms with E-state index in [9.17, 15) is 0 Å². The Morgan fingerprint density at radius 3 is 1.35 bits per heavy atom. The predicted molar refractivity (Wildman–Crippen MR) is 82.3 cm³/mol. The summed E-state index contributed by atoms with van der Waals surface area (Å²) in [4.78, 5) is 0. The van der Waals surface area contributed by atoms with Crippen LogP contribution in [0.1, 0.15) is 55.4 Å². The van der Waals surface area contributed by atoms with Crippen LogP contribution in [0.5, 0.6) is 0 Å². The number of rotatable bonds is 1. The highest BCUT2D eigenvalue weighted by Gasteiger charge is 2.54. The van der Waals surface area contributed by atoms with E-state index >= 15 is 0 Å². The topological polar surface area (TPSA) is 0 Å². The molecule has 0 unspecified atom stereocenters. The van der Waals surface area contributed by atoms with Gasteiger partial charge in [0.2, 0.25) is 0 Å². The monoisotopic (exact) mass is 250 g/mol. The lowest BCUT2D eigenvalue weighted by Gasteiger charge is -2.51. The largest absolute Gasteiger partial charge is 0.0683 e. The van der Waals surface area contributed by atoms with Crippen molar-refractivity contribution in [2.24, 2.45) is 0 Å². The summed E-state index contributed by atoms with van der Waals surface area (Å²) >= 11 is 0. The zero-order valence-corrected chi connectivity index (χ0v) is 14.5. The van der Waals surface area contributed by atoms with E-state index in [0.717, 1.165) is 0 Å². The summed E-state index contributed by atoms with van der Waals surface area (Å²) in [5.74, 6) is 0. The van der Waals surface area contributed by atoms with Crippen LogP contribution in [-0.2, 0) is 0 Å². The first-order chi connectivity index (χ1) is 7.39. The van der Waals surface area contributed by atoms with E-state index in [0.29, 0.717) is 10.1 Å². The van der Waals surface area contributed by atoms with E-state index < -0.39 is 8.07 Å². The molecule has 0 saturated heterocycles. The molecule has 0 saturated carbocycles. The molecule has 0 N–H and O–H groups in total. The predicted octanol–water partition coefficient (Wildman–Crippen LogP) is 5.94. The summed E-state index contributed by atoms with van der Waals surface area (Å²) < 4.78 is 0. The summed E-state index contributed by atoms with van der Waals surface area (Å²) in [5.41, 5.74) is 6.32. The second-order valence-electron chi connectivity index (χ2n) is 7.50. The standard InChI is InChI=1S/C16H30Si/c1-11-12(2)14(4)16(8,13(11)3)17(9,10)15(5,6)7/h1-10H3. The first-order valence-electron chi connectivity index (χ1n) is 6.75. The van der Waals surface area contributed by atoms with Crippen molar-refractivity contribution in [1.29, 1.82) is 0 Å². The zero-order chi connectivity index (χ0) is 13.8. The summed E-state index contributed by atoms with van der Waals surface area (Å²) in [6.45, 7) is 24.2. The lowest BCUT2D eigenvalue weighted by Crippen LogP contribution is -2.49. The minimum Gasteiger partial charge on any atom is -0.0680 e. The van der Waals surface area contributed by atoms with Crippen LogP contribution in [0.2, 0.25) is 23.2 Å². The van der Waals surface area contributed by atoms with Gasteiger partial charge in [0, 0.05) is 5.04 Å². The second-order valence-corrected chi connectivity index (χ2v) is 13.2. The molecule has 0 radical (unpaired) electrons. The Morgan fingerprint density at radius 2 is 1.12 bits per heavy atom. The molecule has 0 heterocycles. The van der Waals surface area contributed by atoms with Crippen LogP contribution in [0.4, 0.5) is 0 Å². The maximum absolute atomic E-state index is 2.56. The minimum atomic E-state index is -1.42. The van der Waals surface area contributed by atoms with Gasteiger partial charge in [-0.3, -0.25) is 0 Å². The molecule has 0 fully saturated rings. The van der Waals surface area contributed by atoms with Gasteiger partial charge in [-0.25, -0.2) is 0 Å². The molecule has 0 bridgehead atoms. The van der Waals surface area contributed by atoms with Gasteiger partial charge in [0.05, 0.1) is 8.07 Å². The molecule has 1 aliphatic carbocycles. The third-order valence-electron chi connectivity index (χ3n) is 6.31. The van der Waals surface area contributed by atoms with Crippen molar-refractivity contribution in [2.75, 3.05) is 0 Å². The van der Waals surface area contributed by atoms with Gasteiger partial charge in [-0.1, -0.05) is 51.9 Å². The SMILES string of the molecule is CC1=C(C)C(C)([Si](C)(C)C(C)(C)C)C(C)=C1C. The average Bonchev–Trinajstić information content (AvgIpc) is 2.33. The molecule has 1 rings (SSSR count). The molecule has 0 nitrogen and oxygen atoms in total. The number of hydrogen-bond acceptors (Lipinski definition) is 0. The molecule has 0 aliphatic heterocycles.